The van der Waals surface area contributed by atoms with Crippen LogP contribution in [0.2, 0.25) is 10.0 Å². The van der Waals surface area contributed by atoms with Crippen LogP contribution in [-0.4, -0.2) is 33.2 Å². The van der Waals surface area contributed by atoms with Gasteiger partial charge in [0.25, 0.3) is 5.91 Å². The molecule has 2 heterocycles. The van der Waals surface area contributed by atoms with Gasteiger partial charge in [0.2, 0.25) is 5.88 Å². The Morgan fingerprint density at radius 2 is 1.85 bits per heavy atom. The molecule has 0 atom stereocenters. The lowest BCUT2D eigenvalue weighted by Gasteiger charge is -2.11. The Labute approximate surface area is 196 Å². The standard InChI is InChI=1S/C21H18Cl2F3N3O4/c1-3-32-18(30)5-4-16-13(6-7-27-16)20(31)29-11(2)8-17(28-29)33-19-14(22)9-12(10-15(19)23)21(24,25)26/h6-10,27H,3-5H2,1-2H3. The molecule has 0 fully saturated rings. The van der Waals surface area contributed by atoms with Crippen LogP contribution >= 0.6 is 23.2 Å². The van der Waals surface area contributed by atoms with Gasteiger partial charge in [-0.25, -0.2) is 0 Å². The molecule has 0 saturated carbocycles. The van der Waals surface area contributed by atoms with Gasteiger partial charge in [-0.15, -0.1) is 5.10 Å². The molecule has 7 nitrogen and oxygen atoms in total. The molecule has 0 aliphatic heterocycles. The predicted molar refractivity (Wildman–Crippen MR) is 114 cm³/mol. The van der Waals surface area contributed by atoms with Crippen molar-refractivity contribution in [2.45, 2.75) is 32.9 Å². The maximum Gasteiger partial charge on any atom is 0.416 e. The average molecular weight is 504 g/mol. The summed E-state index contributed by atoms with van der Waals surface area (Å²) in [5, 5.41) is 3.36. The van der Waals surface area contributed by atoms with Crippen molar-refractivity contribution in [1.29, 1.82) is 0 Å². The van der Waals surface area contributed by atoms with Crippen molar-refractivity contribution in [3.05, 3.63) is 63.0 Å². The number of nitrogens with one attached hydrogen (secondary N) is 1. The van der Waals surface area contributed by atoms with Gasteiger partial charge in [-0.3, -0.25) is 9.59 Å². The minimum Gasteiger partial charge on any atom is -0.466 e. The first-order chi connectivity index (χ1) is 15.5. The SMILES string of the molecule is CCOC(=O)CCc1[nH]ccc1C(=O)n1nc(Oc2c(Cl)cc(C(F)(F)F)cc2Cl)cc1C. The zero-order valence-corrected chi connectivity index (χ0v) is 18.9. The van der Waals surface area contributed by atoms with Gasteiger partial charge in [-0.2, -0.15) is 17.9 Å². The zero-order valence-electron chi connectivity index (χ0n) is 17.4. The highest BCUT2D eigenvalue weighted by atomic mass is 35.5. The van der Waals surface area contributed by atoms with Gasteiger partial charge < -0.3 is 14.5 Å². The first-order valence-corrected chi connectivity index (χ1v) is 10.4. The Kier molecular flexibility index (Phi) is 7.38. The Morgan fingerprint density at radius 3 is 2.45 bits per heavy atom. The molecule has 176 valence electrons. The number of carbonyl (C=O) groups is 2. The number of rotatable bonds is 7. The quantitative estimate of drug-likeness (QED) is 0.410. The van der Waals surface area contributed by atoms with E-state index in [4.69, 9.17) is 32.7 Å². The largest absolute Gasteiger partial charge is 0.466 e. The van der Waals surface area contributed by atoms with Crippen LogP contribution in [0.4, 0.5) is 13.2 Å². The lowest BCUT2D eigenvalue weighted by Crippen LogP contribution is -2.17. The van der Waals surface area contributed by atoms with E-state index in [9.17, 15) is 22.8 Å². The Hall–Kier alpha value is -2.98. The zero-order chi connectivity index (χ0) is 24.3. The van der Waals surface area contributed by atoms with Crippen molar-refractivity contribution in [2.75, 3.05) is 6.61 Å². The molecule has 1 aromatic carbocycles. The summed E-state index contributed by atoms with van der Waals surface area (Å²) in [6.45, 7) is 3.56. The molecule has 0 aliphatic rings. The lowest BCUT2D eigenvalue weighted by atomic mass is 10.1. The van der Waals surface area contributed by atoms with Crippen LogP contribution in [0.3, 0.4) is 0 Å². The molecule has 0 unspecified atom stereocenters. The fraction of sp³-hybridized carbons (Fsp3) is 0.286. The summed E-state index contributed by atoms with van der Waals surface area (Å²) < 4.78 is 50.2. The lowest BCUT2D eigenvalue weighted by molar-refractivity contribution is -0.143. The molecule has 1 N–H and O–H groups in total. The van der Waals surface area contributed by atoms with Crippen molar-refractivity contribution in [3.8, 4) is 11.6 Å². The molecule has 0 aliphatic carbocycles. The fourth-order valence-electron chi connectivity index (χ4n) is 3.01. The number of aromatic nitrogens is 3. The number of aromatic amines is 1. The third-order valence-corrected chi connectivity index (χ3v) is 5.10. The highest BCUT2D eigenvalue weighted by Crippen LogP contribution is 2.41. The van der Waals surface area contributed by atoms with Gasteiger partial charge in [0.05, 0.1) is 34.2 Å². The van der Waals surface area contributed by atoms with E-state index < -0.39 is 17.6 Å². The number of hydrogen-bond acceptors (Lipinski definition) is 5. The van der Waals surface area contributed by atoms with E-state index in [1.165, 1.54) is 6.07 Å². The van der Waals surface area contributed by atoms with Crippen LogP contribution in [0.25, 0.3) is 0 Å². The molecule has 2 aromatic heterocycles. The summed E-state index contributed by atoms with van der Waals surface area (Å²) in [4.78, 5) is 27.5. The normalized spacial score (nSPS) is 11.5. The molecule has 0 bridgehead atoms. The number of H-pyrrole nitrogens is 1. The van der Waals surface area contributed by atoms with Gasteiger partial charge in [-0.05, 0) is 38.5 Å². The third-order valence-electron chi connectivity index (χ3n) is 4.54. The van der Waals surface area contributed by atoms with Gasteiger partial charge in [0.1, 0.15) is 0 Å². The smallest absolute Gasteiger partial charge is 0.416 e. The van der Waals surface area contributed by atoms with E-state index in [0.717, 1.165) is 4.68 Å². The molecular formula is C21H18Cl2F3N3O4. The van der Waals surface area contributed by atoms with Gasteiger partial charge in [-0.1, -0.05) is 23.2 Å². The second-order valence-electron chi connectivity index (χ2n) is 6.88. The second kappa shape index (κ2) is 9.88. The van der Waals surface area contributed by atoms with Gasteiger partial charge in [0.15, 0.2) is 5.75 Å². The molecular weight excluding hydrogens is 486 g/mol. The number of ether oxygens (including phenoxy) is 2. The molecule has 0 spiro atoms. The second-order valence-corrected chi connectivity index (χ2v) is 7.70. The summed E-state index contributed by atoms with van der Waals surface area (Å²) in [6.07, 6.45) is -2.72. The van der Waals surface area contributed by atoms with Crippen LogP contribution in [-0.2, 0) is 22.1 Å². The number of nitrogens with zero attached hydrogens (tertiary/aromatic N) is 2. The summed E-state index contributed by atoms with van der Waals surface area (Å²) in [5.74, 6) is -1.19. The van der Waals surface area contributed by atoms with E-state index in [1.807, 2.05) is 0 Å². The minimum absolute atomic E-state index is 0.0893. The van der Waals surface area contributed by atoms with E-state index >= 15 is 0 Å². The summed E-state index contributed by atoms with van der Waals surface area (Å²) in [5.41, 5.74) is 0.193. The Bertz CT molecular complexity index is 1160. The van der Waals surface area contributed by atoms with Crippen LogP contribution in [0.5, 0.6) is 11.6 Å². The number of hydrogen-bond donors (Lipinski definition) is 1. The highest BCUT2D eigenvalue weighted by molar-refractivity contribution is 6.37. The van der Waals surface area contributed by atoms with Crippen LogP contribution in [0, 0.1) is 6.92 Å². The number of carbonyl (C=O) groups excluding carboxylic acids is 2. The predicted octanol–water partition coefficient (Wildman–Crippen LogP) is 5.82. The van der Waals surface area contributed by atoms with Crippen molar-refractivity contribution < 1.29 is 32.2 Å². The van der Waals surface area contributed by atoms with Crippen molar-refractivity contribution in [3.63, 3.8) is 0 Å². The number of aryl methyl sites for hydroxylation is 2. The van der Waals surface area contributed by atoms with Crippen LogP contribution in [0.15, 0.2) is 30.5 Å². The van der Waals surface area contributed by atoms with E-state index in [2.05, 4.69) is 10.1 Å². The highest BCUT2D eigenvalue weighted by Gasteiger charge is 2.32. The first kappa shape index (κ1) is 24.7. The third kappa shape index (κ3) is 5.69. The number of esters is 1. The minimum atomic E-state index is -4.63. The molecule has 3 aromatic rings. The number of halogens is 5. The molecule has 0 amide bonds. The first-order valence-electron chi connectivity index (χ1n) is 9.68. The Morgan fingerprint density at radius 1 is 1.18 bits per heavy atom. The van der Waals surface area contributed by atoms with Gasteiger partial charge in [0, 0.05) is 23.7 Å². The van der Waals surface area contributed by atoms with Crippen LogP contribution in [0.1, 0.15) is 40.7 Å². The maximum atomic E-state index is 13.0. The Balaban J connectivity index is 1.81. The molecule has 0 saturated heterocycles. The summed E-state index contributed by atoms with van der Waals surface area (Å²) >= 11 is 11.9. The van der Waals surface area contributed by atoms with Gasteiger partial charge >= 0.3 is 12.1 Å². The van der Waals surface area contributed by atoms with E-state index in [0.29, 0.717) is 29.1 Å². The number of benzene rings is 1. The monoisotopic (exact) mass is 503 g/mol. The van der Waals surface area contributed by atoms with Crippen LogP contribution < -0.4 is 4.74 Å². The van der Waals surface area contributed by atoms with Crippen molar-refractivity contribution in [2.24, 2.45) is 0 Å². The summed E-state index contributed by atoms with van der Waals surface area (Å²) in [7, 11) is 0. The molecule has 0 radical (unpaired) electrons. The molecule has 33 heavy (non-hydrogen) atoms. The molecule has 3 rings (SSSR count). The number of alkyl halides is 3. The van der Waals surface area contributed by atoms with E-state index in [1.54, 1.807) is 26.1 Å². The molecule has 12 heteroatoms. The van der Waals surface area contributed by atoms with Crippen molar-refractivity contribution >= 4 is 35.1 Å². The maximum absolute atomic E-state index is 13.0. The average Bonchev–Trinajstić information content (AvgIpc) is 3.34. The fourth-order valence-corrected chi connectivity index (χ4v) is 3.58. The van der Waals surface area contributed by atoms with E-state index in [-0.39, 0.29) is 47.1 Å². The summed E-state index contributed by atoms with van der Waals surface area (Å²) in [6, 6.07) is 4.34. The van der Waals surface area contributed by atoms with Crippen molar-refractivity contribution in [1.82, 2.24) is 14.8 Å². The topological polar surface area (TPSA) is 86.2 Å².